The third-order valence-corrected chi connectivity index (χ3v) is 5.23. The average Bonchev–Trinajstić information content (AvgIpc) is 3.01. The molecule has 2 atom stereocenters. The molecular formula is C18H25N3O2. The second kappa shape index (κ2) is 6.71. The summed E-state index contributed by atoms with van der Waals surface area (Å²) in [5.74, 6) is 0.486. The van der Waals surface area contributed by atoms with Gasteiger partial charge in [0, 0.05) is 24.3 Å². The highest BCUT2D eigenvalue weighted by molar-refractivity contribution is 5.97. The van der Waals surface area contributed by atoms with Crippen molar-refractivity contribution in [2.45, 2.75) is 32.6 Å². The van der Waals surface area contributed by atoms with Crippen molar-refractivity contribution in [1.29, 1.82) is 0 Å². The SMILES string of the molecule is CCNC(=O)c1ccc(NC(=O)[C@@]23CCCC[C@H]2CNC3)cc1. The van der Waals surface area contributed by atoms with Crippen LogP contribution in [0.3, 0.4) is 0 Å². The minimum Gasteiger partial charge on any atom is -0.352 e. The molecule has 1 aromatic rings. The molecule has 3 rings (SSSR count). The molecule has 0 radical (unpaired) electrons. The molecule has 1 aliphatic carbocycles. The number of hydrogen-bond acceptors (Lipinski definition) is 3. The first-order valence-electron chi connectivity index (χ1n) is 8.56. The summed E-state index contributed by atoms with van der Waals surface area (Å²) in [6.07, 6.45) is 4.45. The van der Waals surface area contributed by atoms with Gasteiger partial charge < -0.3 is 16.0 Å². The number of nitrogens with one attached hydrogen (secondary N) is 3. The van der Waals surface area contributed by atoms with Crippen LogP contribution in [0.5, 0.6) is 0 Å². The van der Waals surface area contributed by atoms with E-state index in [4.69, 9.17) is 0 Å². The first-order valence-corrected chi connectivity index (χ1v) is 8.56. The lowest BCUT2D eigenvalue weighted by molar-refractivity contribution is -0.128. The van der Waals surface area contributed by atoms with Crippen molar-refractivity contribution in [2.24, 2.45) is 11.3 Å². The van der Waals surface area contributed by atoms with Gasteiger partial charge in [0.15, 0.2) is 0 Å². The van der Waals surface area contributed by atoms with Crippen molar-refractivity contribution in [2.75, 3.05) is 25.0 Å². The Hall–Kier alpha value is -1.88. The molecule has 0 aromatic heterocycles. The van der Waals surface area contributed by atoms with E-state index in [-0.39, 0.29) is 17.2 Å². The summed E-state index contributed by atoms with van der Waals surface area (Å²) >= 11 is 0. The molecule has 0 bridgehead atoms. The average molecular weight is 315 g/mol. The number of carbonyl (C=O) groups is 2. The Labute approximate surface area is 137 Å². The second-order valence-corrected chi connectivity index (χ2v) is 6.62. The van der Waals surface area contributed by atoms with Crippen LogP contribution in [0.1, 0.15) is 43.0 Å². The number of benzene rings is 1. The van der Waals surface area contributed by atoms with E-state index in [9.17, 15) is 9.59 Å². The Balaban J connectivity index is 1.69. The van der Waals surface area contributed by atoms with Crippen molar-refractivity contribution < 1.29 is 9.59 Å². The Kier molecular flexibility index (Phi) is 4.66. The van der Waals surface area contributed by atoms with Crippen molar-refractivity contribution in [3.63, 3.8) is 0 Å². The van der Waals surface area contributed by atoms with Gasteiger partial charge in [-0.25, -0.2) is 0 Å². The summed E-state index contributed by atoms with van der Waals surface area (Å²) in [5.41, 5.74) is 1.12. The van der Waals surface area contributed by atoms with Crippen LogP contribution in [0.25, 0.3) is 0 Å². The van der Waals surface area contributed by atoms with Gasteiger partial charge in [0.2, 0.25) is 5.91 Å². The summed E-state index contributed by atoms with van der Waals surface area (Å²) in [4.78, 5) is 24.6. The Morgan fingerprint density at radius 3 is 2.78 bits per heavy atom. The van der Waals surface area contributed by atoms with Gasteiger partial charge in [-0.1, -0.05) is 12.8 Å². The maximum absolute atomic E-state index is 12.9. The summed E-state index contributed by atoms with van der Waals surface area (Å²) in [5, 5.41) is 9.23. The van der Waals surface area contributed by atoms with Crippen molar-refractivity contribution in [3.05, 3.63) is 29.8 Å². The normalized spacial score (nSPS) is 26.4. The van der Waals surface area contributed by atoms with Crippen LogP contribution in [0.2, 0.25) is 0 Å². The molecule has 5 heteroatoms. The topological polar surface area (TPSA) is 70.2 Å². The van der Waals surface area contributed by atoms with Crippen LogP contribution >= 0.6 is 0 Å². The van der Waals surface area contributed by atoms with E-state index in [0.29, 0.717) is 18.0 Å². The Bertz CT molecular complexity index is 584. The van der Waals surface area contributed by atoms with Gasteiger partial charge in [-0.15, -0.1) is 0 Å². The summed E-state index contributed by atoms with van der Waals surface area (Å²) in [6, 6.07) is 7.12. The third-order valence-electron chi connectivity index (χ3n) is 5.23. The van der Waals surface area contributed by atoms with E-state index in [1.165, 1.54) is 6.42 Å². The third kappa shape index (κ3) is 3.11. The summed E-state index contributed by atoms with van der Waals surface area (Å²) < 4.78 is 0. The number of fused-ring (bicyclic) bond motifs is 1. The van der Waals surface area contributed by atoms with E-state index in [0.717, 1.165) is 38.0 Å². The molecule has 1 saturated carbocycles. The Morgan fingerprint density at radius 1 is 1.26 bits per heavy atom. The standard InChI is InChI=1S/C18H25N3O2/c1-2-20-16(22)13-6-8-15(9-7-13)21-17(23)18-10-4-3-5-14(18)11-19-12-18/h6-9,14,19H,2-5,10-12H2,1H3,(H,20,22)(H,21,23)/t14-,18+/m0/s1. The zero-order valence-electron chi connectivity index (χ0n) is 13.7. The second-order valence-electron chi connectivity index (χ2n) is 6.62. The first kappa shape index (κ1) is 16.0. The van der Waals surface area contributed by atoms with Gasteiger partial charge in [0.25, 0.3) is 5.91 Å². The highest BCUT2D eigenvalue weighted by Crippen LogP contribution is 2.44. The molecule has 0 unspecified atom stereocenters. The van der Waals surface area contributed by atoms with Gasteiger partial charge in [-0.05, 0) is 56.5 Å². The lowest BCUT2D eigenvalue weighted by Gasteiger charge is -2.37. The highest BCUT2D eigenvalue weighted by atomic mass is 16.2. The summed E-state index contributed by atoms with van der Waals surface area (Å²) in [6.45, 7) is 4.22. The fraction of sp³-hybridized carbons (Fsp3) is 0.556. The quantitative estimate of drug-likeness (QED) is 0.797. The van der Waals surface area contributed by atoms with Gasteiger partial charge in [0.1, 0.15) is 0 Å². The van der Waals surface area contributed by atoms with Gasteiger partial charge in [0.05, 0.1) is 5.41 Å². The molecule has 23 heavy (non-hydrogen) atoms. The van der Waals surface area contributed by atoms with E-state index >= 15 is 0 Å². The van der Waals surface area contributed by atoms with Crippen molar-refractivity contribution in [1.82, 2.24) is 10.6 Å². The molecular weight excluding hydrogens is 290 g/mol. The number of rotatable bonds is 4. The lowest BCUT2D eigenvalue weighted by Crippen LogP contribution is -2.44. The first-order chi connectivity index (χ1) is 11.2. The molecule has 124 valence electrons. The van der Waals surface area contributed by atoms with Crippen LogP contribution < -0.4 is 16.0 Å². The smallest absolute Gasteiger partial charge is 0.251 e. The highest BCUT2D eigenvalue weighted by Gasteiger charge is 2.49. The van der Waals surface area contributed by atoms with Crippen LogP contribution in [0.4, 0.5) is 5.69 Å². The van der Waals surface area contributed by atoms with Gasteiger partial charge >= 0.3 is 0 Å². The minimum absolute atomic E-state index is 0.0868. The van der Waals surface area contributed by atoms with Gasteiger partial charge in [-0.2, -0.15) is 0 Å². The molecule has 1 aromatic carbocycles. The van der Waals surface area contributed by atoms with E-state index in [2.05, 4.69) is 16.0 Å². The predicted octanol–water partition coefficient (Wildman–Crippen LogP) is 2.15. The van der Waals surface area contributed by atoms with Crippen LogP contribution in [0, 0.1) is 11.3 Å². The zero-order chi connectivity index (χ0) is 16.3. The number of carbonyl (C=O) groups excluding carboxylic acids is 2. The molecule has 2 fully saturated rings. The van der Waals surface area contributed by atoms with E-state index in [1.807, 2.05) is 6.92 Å². The maximum atomic E-state index is 12.9. The molecule has 1 aliphatic heterocycles. The van der Waals surface area contributed by atoms with Crippen molar-refractivity contribution in [3.8, 4) is 0 Å². The van der Waals surface area contributed by atoms with E-state index < -0.39 is 0 Å². The van der Waals surface area contributed by atoms with Crippen LogP contribution in [-0.2, 0) is 4.79 Å². The van der Waals surface area contributed by atoms with Gasteiger partial charge in [-0.3, -0.25) is 9.59 Å². The minimum atomic E-state index is -0.253. The molecule has 1 saturated heterocycles. The van der Waals surface area contributed by atoms with Crippen molar-refractivity contribution >= 4 is 17.5 Å². The maximum Gasteiger partial charge on any atom is 0.251 e. The molecule has 1 heterocycles. The number of hydrogen-bond donors (Lipinski definition) is 3. The molecule has 3 N–H and O–H groups in total. The molecule has 5 nitrogen and oxygen atoms in total. The fourth-order valence-electron chi connectivity index (χ4n) is 3.91. The molecule has 0 spiro atoms. The van der Waals surface area contributed by atoms with Crippen LogP contribution in [0.15, 0.2) is 24.3 Å². The monoisotopic (exact) mass is 315 g/mol. The zero-order valence-corrected chi connectivity index (χ0v) is 13.7. The molecule has 2 amide bonds. The molecule has 2 aliphatic rings. The lowest BCUT2D eigenvalue weighted by atomic mass is 9.67. The van der Waals surface area contributed by atoms with E-state index in [1.54, 1.807) is 24.3 Å². The Morgan fingerprint density at radius 2 is 2.04 bits per heavy atom. The predicted molar refractivity (Wildman–Crippen MR) is 90.3 cm³/mol. The number of amides is 2. The summed E-state index contributed by atoms with van der Waals surface area (Å²) in [7, 11) is 0. The fourth-order valence-corrected chi connectivity index (χ4v) is 3.91. The van der Waals surface area contributed by atoms with Crippen LogP contribution in [-0.4, -0.2) is 31.4 Å². The number of anilines is 1. The largest absolute Gasteiger partial charge is 0.352 e.